The molecule has 4 bridgehead atoms. The van der Waals surface area contributed by atoms with Gasteiger partial charge in [0.25, 0.3) is 0 Å². The molecule has 1 amide bonds. The molecule has 9 heteroatoms. The molecular formula is C30H39NO8. The summed E-state index contributed by atoms with van der Waals surface area (Å²) in [4.78, 5) is 55.9. The maximum atomic E-state index is 14.2. The molecule has 0 unspecified atom stereocenters. The number of Topliss-reactive ketones (excluding diaryl/α,β-unsaturated/α-hetero) is 2. The van der Waals surface area contributed by atoms with Crippen LogP contribution >= 0.6 is 0 Å². The first-order valence-corrected chi connectivity index (χ1v) is 14.7. The molecule has 3 saturated heterocycles. The summed E-state index contributed by atoms with van der Waals surface area (Å²) in [6.07, 6.45) is 2.15. The number of fused-ring (bicyclic) bond motifs is 2. The minimum atomic E-state index is -2.29. The van der Waals surface area contributed by atoms with Gasteiger partial charge < -0.3 is 24.6 Å². The average molecular weight is 542 g/mol. The van der Waals surface area contributed by atoms with Gasteiger partial charge in [-0.1, -0.05) is 20.4 Å². The SMILES string of the molecule is C=C1C(=O)[C@]23[C@H](OC(=O)C4CCN(C(=O)C5CC5)CC4)[C@H]1CC[C@H]2[C@@]12CO[C@]3(O)[C@@H](O)[C@@H]1C(C)(C)CCC2=O. The second kappa shape index (κ2) is 8.01. The van der Waals surface area contributed by atoms with E-state index in [1.54, 1.807) is 0 Å². The largest absolute Gasteiger partial charge is 0.460 e. The summed E-state index contributed by atoms with van der Waals surface area (Å²) in [6, 6.07) is 0. The van der Waals surface area contributed by atoms with E-state index in [1.807, 2.05) is 18.7 Å². The summed E-state index contributed by atoms with van der Waals surface area (Å²) in [5, 5.41) is 24.1. The number of rotatable bonds is 3. The normalized spacial score (nSPS) is 46.6. The van der Waals surface area contributed by atoms with Crippen LogP contribution in [0.4, 0.5) is 0 Å². The van der Waals surface area contributed by atoms with Crippen molar-refractivity contribution < 1.29 is 38.9 Å². The molecule has 8 atom stereocenters. The fourth-order valence-corrected chi connectivity index (χ4v) is 9.91. The predicted octanol–water partition coefficient (Wildman–Crippen LogP) is 1.78. The molecule has 212 valence electrons. The first-order valence-electron chi connectivity index (χ1n) is 14.7. The highest BCUT2D eigenvalue weighted by atomic mass is 16.6. The van der Waals surface area contributed by atoms with Crippen LogP contribution < -0.4 is 0 Å². The van der Waals surface area contributed by atoms with E-state index in [2.05, 4.69) is 6.58 Å². The number of aliphatic hydroxyl groups excluding tert-OH is 1. The third-order valence-corrected chi connectivity index (χ3v) is 11.9. The van der Waals surface area contributed by atoms with Gasteiger partial charge in [-0.25, -0.2) is 0 Å². The number of amides is 1. The zero-order valence-electron chi connectivity index (χ0n) is 22.8. The molecule has 9 nitrogen and oxygen atoms in total. The van der Waals surface area contributed by atoms with Gasteiger partial charge in [-0.3, -0.25) is 19.2 Å². The number of ketones is 2. The van der Waals surface area contributed by atoms with Crippen LogP contribution in [-0.2, 0) is 28.7 Å². The zero-order chi connectivity index (χ0) is 27.7. The van der Waals surface area contributed by atoms with Crippen molar-refractivity contribution in [3.63, 3.8) is 0 Å². The number of carbonyl (C=O) groups excluding carboxylic acids is 4. The molecule has 0 aromatic heterocycles. The lowest BCUT2D eigenvalue weighted by atomic mass is 9.36. The number of hydrogen-bond donors (Lipinski definition) is 2. The summed E-state index contributed by atoms with van der Waals surface area (Å²) < 4.78 is 12.2. The summed E-state index contributed by atoms with van der Waals surface area (Å²) in [7, 11) is 0. The molecule has 39 heavy (non-hydrogen) atoms. The van der Waals surface area contributed by atoms with Crippen LogP contribution in [0.2, 0.25) is 0 Å². The lowest BCUT2D eigenvalue weighted by Gasteiger charge is -2.73. The number of piperidine rings is 1. The highest BCUT2D eigenvalue weighted by molar-refractivity contribution is 6.06. The van der Waals surface area contributed by atoms with E-state index in [1.165, 1.54) is 0 Å². The van der Waals surface area contributed by atoms with E-state index in [4.69, 9.17) is 9.47 Å². The first kappa shape index (κ1) is 25.8. The molecule has 2 N–H and O–H groups in total. The van der Waals surface area contributed by atoms with Crippen molar-refractivity contribution in [3.05, 3.63) is 12.2 Å². The van der Waals surface area contributed by atoms with Gasteiger partial charge in [-0.15, -0.1) is 0 Å². The molecule has 8 rings (SSSR count). The van der Waals surface area contributed by atoms with Crippen molar-refractivity contribution in [1.82, 2.24) is 4.90 Å². The molecule has 3 heterocycles. The monoisotopic (exact) mass is 541 g/mol. The third-order valence-electron chi connectivity index (χ3n) is 11.9. The molecule has 5 aliphatic carbocycles. The minimum Gasteiger partial charge on any atom is -0.460 e. The van der Waals surface area contributed by atoms with Crippen LogP contribution in [0.1, 0.15) is 65.2 Å². The van der Waals surface area contributed by atoms with Crippen LogP contribution in [0.5, 0.6) is 0 Å². The molecule has 5 saturated carbocycles. The molecular weight excluding hydrogens is 502 g/mol. The molecule has 0 aromatic carbocycles. The van der Waals surface area contributed by atoms with Gasteiger partial charge in [0.05, 0.1) is 17.9 Å². The molecule has 8 aliphatic rings. The molecule has 0 aromatic rings. The Morgan fingerprint density at radius 1 is 1.05 bits per heavy atom. The predicted molar refractivity (Wildman–Crippen MR) is 136 cm³/mol. The van der Waals surface area contributed by atoms with Gasteiger partial charge in [0.15, 0.2) is 5.78 Å². The molecule has 2 spiro atoms. The van der Waals surface area contributed by atoms with Gasteiger partial charge in [0.2, 0.25) is 11.7 Å². The maximum absolute atomic E-state index is 14.2. The highest BCUT2D eigenvalue weighted by Gasteiger charge is 2.88. The first-order chi connectivity index (χ1) is 18.4. The summed E-state index contributed by atoms with van der Waals surface area (Å²) in [5.41, 5.74) is -3.11. The fraction of sp³-hybridized carbons (Fsp3) is 0.800. The third kappa shape index (κ3) is 2.97. The van der Waals surface area contributed by atoms with E-state index in [-0.39, 0.29) is 29.8 Å². The summed E-state index contributed by atoms with van der Waals surface area (Å²) in [5.74, 6) is -5.10. The number of nitrogens with zero attached hydrogens (tertiary/aromatic N) is 1. The molecule has 3 aliphatic heterocycles. The highest BCUT2D eigenvalue weighted by Crippen LogP contribution is 2.76. The summed E-state index contributed by atoms with van der Waals surface area (Å²) >= 11 is 0. The standard InChI is InChI=1S/C30H39NO8/c1-15-18-6-7-19-28-14-38-30(37,23(34)21(28)27(2,3)11-8-20(28)32)29(19,22(15)33)24(18)39-26(36)17-9-12-31(13-10-17)25(35)16-4-5-16/h16-19,21,23-24,34,37H,1,4-14H2,2-3H3/t18-,19-,21+,23-,24+,28+,29-,30+/m0/s1. The number of ether oxygens (including phenoxy) is 2. The number of aliphatic hydroxyl groups is 2. The van der Waals surface area contributed by atoms with Crippen LogP contribution in [-0.4, -0.2) is 76.2 Å². The number of hydrogen-bond acceptors (Lipinski definition) is 8. The van der Waals surface area contributed by atoms with Crippen molar-refractivity contribution in [3.8, 4) is 0 Å². The van der Waals surface area contributed by atoms with E-state index >= 15 is 0 Å². The second-order valence-corrected chi connectivity index (χ2v) is 14.1. The van der Waals surface area contributed by atoms with E-state index < -0.39 is 69.7 Å². The van der Waals surface area contributed by atoms with Crippen LogP contribution in [0.25, 0.3) is 0 Å². The van der Waals surface area contributed by atoms with Gasteiger partial charge >= 0.3 is 5.97 Å². The Hall–Kier alpha value is -2.10. The average Bonchev–Trinajstić information content (AvgIpc) is 3.75. The number of carbonyl (C=O) groups is 4. The maximum Gasteiger partial charge on any atom is 0.309 e. The Morgan fingerprint density at radius 2 is 1.74 bits per heavy atom. The number of esters is 1. The molecule has 0 radical (unpaired) electrons. The topological polar surface area (TPSA) is 130 Å². The van der Waals surface area contributed by atoms with Crippen molar-refractivity contribution >= 4 is 23.4 Å². The fourth-order valence-electron chi connectivity index (χ4n) is 9.91. The summed E-state index contributed by atoms with van der Waals surface area (Å²) in [6.45, 7) is 8.99. The minimum absolute atomic E-state index is 0.0430. The van der Waals surface area contributed by atoms with Crippen molar-refractivity contribution in [1.29, 1.82) is 0 Å². The second-order valence-electron chi connectivity index (χ2n) is 14.1. The Morgan fingerprint density at radius 3 is 2.41 bits per heavy atom. The Kier molecular flexibility index (Phi) is 5.31. The van der Waals surface area contributed by atoms with Crippen LogP contribution in [0.15, 0.2) is 12.2 Å². The lowest BCUT2D eigenvalue weighted by Crippen LogP contribution is -2.85. The van der Waals surface area contributed by atoms with Gasteiger partial charge in [-0.05, 0) is 61.9 Å². The van der Waals surface area contributed by atoms with E-state index in [9.17, 15) is 29.4 Å². The Labute approximate surface area is 228 Å². The van der Waals surface area contributed by atoms with E-state index in [0.717, 1.165) is 12.8 Å². The van der Waals surface area contributed by atoms with Crippen molar-refractivity contribution in [2.24, 2.45) is 45.8 Å². The quantitative estimate of drug-likeness (QED) is 0.409. The van der Waals surface area contributed by atoms with Gasteiger partial charge in [0, 0.05) is 37.3 Å². The number of likely N-dealkylation sites (tertiary alicyclic amines) is 1. The van der Waals surface area contributed by atoms with Crippen LogP contribution in [0.3, 0.4) is 0 Å². The zero-order valence-corrected chi connectivity index (χ0v) is 22.8. The lowest BCUT2D eigenvalue weighted by molar-refractivity contribution is -0.437. The smallest absolute Gasteiger partial charge is 0.309 e. The molecule has 8 fully saturated rings. The Bertz CT molecular complexity index is 1180. The van der Waals surface area contributed by atoms with Gasteiger partial charge in [-0.2, -0.15) is 0 Å². The van der Waals surface area contributed by atoms with Crippen LogP contribution in [0, 0.1) is 45.8 Å². The van der Waals surface area contributed by atoms with Crippen molar-refractivity contribution in [2.75, 3.05) is 19.7 Å². The Balaban J connectivity index is 1.24. The van der Waals surface area contributed by atoms with Gasteiger partial charge in [0.1, 0.15) is 23.4 Å². The van der Waals surface area contributed by atoms with E-state index in [0.29, 0.717) is 51.6 Å². The van der Waals surface area contributed by atoms with Crippen molar-refractivity contribution in [2.45, 2.75) is 83.2 Å².